The van der Waals surface area contributed by atoms with Gasteiger partial charge >= 0.3 is 0 Å². The Balaban J connectivity index is 1.42. The Labute approximate surface area is 183 Å². The van der Waals surface area contributed by atoms with Crippen LogP contribution in [0.4, 0.5) is 5.82 Å². The maximum absolute atomic E-state index is 12.6. The van der Waals surface area contributed by atoms with Gasteiger partial charge in [0.05, 0.1) is 31.8 Å². The molecule has 4 rings (SSSR count). The zero-order chi connectivity index (χ0) is 21.8. The number of nitrogens with one attached hydrogen (secondary N) is 2. The minimum atomic E-state index is -0.0181. The van der Waals surface area contributed by atoms with Crippen molar-refractivity contribution >= 4 is 11.7 Å². The number of benzene rings is 2. The van der Waals surface area contributed by atoms with Gasteiger partial charge in [0.15, 0.2) is 0 Å². The molecule has 0 saturated heterocycles. The molecule has 1 aliphatic rings. The lowest BCUT2D eigenvalue weighted by atomic mass is 9.96. The number of hydrogen-bond donors (Lipinski definition) is 2. The Kier molecular flexibility index (Phi) is 6.26. The van der Waals surface area contributed by atoms with Crippen LogP contribution in [-0.4, -0.2) is 22.8 Å². The number of nitrogens with zero attached hydrogens (tertiary/aromatic N) is 2. The third-order valence-corrected chi connectivity index (χ3v) is 5.97. The Bertz CT molecular complexity index is 1020. The van der Waals surface area contributed by atoms with Crippen LogP contribution in [0.15, 0.2) is 54.7 Å². The Hall–Kier alpha value is -3.28. The second kappa shape index (κ2) is 9.25. The van der Waals surface area contributed by atoms with E-state index in [0.717, 1.165) is 35.5 Å². The Morgan fingerprint density at radius 3 is 2.55 bits per heavy atom. The summed E-state index contributed by atoms with van der Waals surface area (Å²) in [7, 11) is 1.64. The van der Waals surface area contributed by atoms with Crippen LogP contribution in [0.5, 0.6) is 5.75 Å². The summed E-state index contributed by atoms with van der Waals surface area (Å²) >= 11 is 0. The number of methoxy groups -OCH3 is 1. The summed E-state index contributed by atoms with van der Waals surface area (Å²) in [5, 5.41) is 11.2. The van der Waals surface area contributed by atoms with Gasteiger partial charge in [0.25, 0.3) is 0 Å². The summed E-state index contributed by atoms with van der Waals surface area (Å²) in [5.41, 5.74) is 4.57. The average molecular weight is 419 g/mol. The molecule has 0 saturated carbocycles. The first-order chi connectivity index (χ1) is 15.1. The second-order valence-electron chi connectivity index (χ2n) is 8.14. The van der Waals surface area contributed by atoms with Gasteiger partial charge in [0.2, 0.25) is 5.91 Å². The van der Waals surface area contributed by atoms with E-state index in [4.69, 9.17) is 4.74 Å². The smallest absolute Gasteiger partial charge is 0.224 e. The lowest BCUT2D eigenvalue weighted by Crippen LogP contribution is -2.28. The van der Waals surface area contributed by atoms with Crippen LogP contribution in [0.25, 0.3) is 0 Å². The number of carbonyl (C=O) groups excluding carboxylic acids is 1. The van der Waals surface area contributed by atoms with Crippen LogP contribution in [-0.2, 0) is 24.2 Å². The van der Waals surface area contributed by atoms with E-state index >= 15 is 0 Å². The number of carbonyl (C=O) groups is 1. The molecule has 2 aromatic carbocycles. The average Bonchev–Trinajstić information content (AvgIpc) is 3.21. The summed E-state index contributed by atoms with van der Waals surface area (Å²) in [5.74, 6) is 1.74. The topological polar surface area (TPSA) is 68.2 Å². The first-order valence-corrected chi connectivity index (χ1v) is 10.9. The van der Waals surface area contributed by atoms with E-state index < -0.39 is 0 Å². The van der Waals surface area contributed by atoms with E-state index in [1.165, 1.54) is 11.1 Å². The monoisotopic (exact) mass is 418 g/mol. The largest absolute Gasteiger partial charge is 0.497 e. The number of amides is 1. The van der Waals surface area contributed by atoms with Gasteiger partial charge in [-0.1, -0.05) is 43.3 Å². The fourth-order valence-corrected chi connectivity index (χ4v) is 4.07. The summed E-state index contributed by atoms with van der Waals surface area (Å²) in [6.07, 6.45) is 4.11. The number of rotatable bonds is 7. The van der Waals surface area contributed by atoms with E-state index in [-0.39, 0.29) is 18.0 Å². The zero-order valence-electron chi connectivity index (χ0n) is 18.4. The van der Waals surface area contributed by atoms with Crippen molar-refractivity contribution in [2.75, 3.05) is 12.4 Å². The quantitative estimate of drug-likeness (QED) is 0.596. The molecule has 31 heavy (non-hydrogen) atoms. The van der Waals surface area contributed by atoms with Crippen LogP contribution in [0.1, 0.15) is 54.6 Å². The van der Waals surface area contributed by atoms with Crippen molar-refractivity contribution in [3.8, 4) is 5.75 Å². The molecule has 3 aromatic rings. The lowest BCUT2D eigenvalue weighted by Gasteiger charge is -2.31. The van der Waals surface area contributed by atoms with Gasteiger partial charge in [-0.25, -0.2) is 4.68 Å². The van der Waals surface area contributed by atoms with Crippen LogP contribution in [0.2, 0.25) is 0 Å². The first kappa shape index (κ1) is 21.0. The summed E-state index contributed by atoms with van der Waals surface area (Å²) in [6.45, 7) is 4.83. The van der Waals surface area contributed by atoms with Crippen molar-refractivity contribution in [1.29, 1.82) is 0 Å². The highest BCUT2D eigenvalue weighted by atomic mass is 16.5. The number of aromatic nitrogens is 2. The number of anilines is 1. The van der Waals surface area contributed by atoms with E-state index in [0.29, 0.717) is 13.0 Å². The van der Waals surface area contributed by atoms with Crippen molar-refractivity contribution in [3.05, 3.63) is 77.0 Å². The lowest BCUT2D eigenvalue weighted by molar-refractivity contribution is -0.120. The second-order valence-corrected chi connectivity index (χ2v) is 8.14. The molecule has 0 aliphatic carbocycles. The number of hydrogen-bond acceptors (Lipinski definition) is 4. The normalized spacial score (nSPS) is 17.5. The highest BCUT2D eigenvalue weighted by Gasteiger charge is 2.28. The fraction of sp³-hybridized carbons (Fsp3) is 0.360. The number of ether oxygens (including phenoxy) is 1. The third kappa shape index (κ3) is 4.74. The molecule has 0 fully saturated rings. The molecule has 0 unspecified atom stereocenters. The van der Waals surface area contributed by atoms with Crippen molar-refractivity contribution in [3.63, 3.8) is 0 Å². The summed E-state index contributed by atoms with van der Waals surface area (Å²) in [4.78, 5) is 12.6. The molecule has 0 radical (unpaired) electrons. The minimum Gasteiger partial charge on any atom is -0.497 e. The van der Waals surface area contributed by atoms with E-state index in [2.05, 4.69) is 53.8 Å². The molecule has 6 nitrogen and oxygen atoms in total. The van der Waals surface area contributed by atoms with Gasteiger partial charge in [0, 0.05) is 12.1 Å². The minimum absolute atomic E-state index is 0.0181. The zero-order valence-corrected chi connectivity index (χ0v) is 18.4. The van der Waals surface area contributed by atoms with Gasteiger partial charge in [0.1, 0.15) is 11.6 Å². The van der Waals surface area contributed by atoms with E-state index in [9.17, 15) is 4.79 Å². The Morgan fingerprint density at radius 1 is 1.16 bits per heavy atom. The maximum atomic E-state index is 12.6. The van der Waals surface area contributed by atoms with E-state index in [1.54, 1.807) is 7.11 Å². The molecule has 0 bridgehead atoms. The first-order valence-electron chi connectivity index (χ1n) is 10.9. The standard InChI is InChI=1S/C25H30N4O2/c1-4-18-5-9-20(10-6-18)23-13-17(2)29-25(28-23)21(16-27-29)14-24(30)26-15-19-7-11-22(31-3)12-8-19/h5-12,16-17,23,28H,4,13-15H2,1-3H3,(H,26,30)/t17-,23-/m0/s1. The van der Waals surface area contributed by atoms with Gasteiger partial charge in [-0.3, -0.25) is 4.79 Å². The molecule has 1 aliphatic heterocycles. The SMILES string of the molecule is CCc1ccc([C@@H]2C[C@H](C)n3ncc(CC(=O)NCc4ccc(OC)cc4)c3N2)cc1. The molecule has 6 heteroatoms. The summed E-state index contributed by atoms with van der Waals surface area (Å²) < 4.78 is 7.18. The number of aryl methyl sites for hydroxylation is 1. The van der Waals surface area contributed by atoms with E-state index in [1.807, 2.05) is 35.1 Å². The van der Waals surface area contributed by atoms with Gasteiger partial charge < -0.3 is 15.4 Å². The molecule has 2 N–H and O–H groups in total. The van der Waals surface area contributed by atoms with Crippen LogP contribution in [0, 0.1) is 0 Å². The van der Waals surface area contributed by atoms with Crippen molar-refractivity contribution < 1.29 is 9.53 Å². The summed E-state index contributed by atoms with van der Waals surface area (Å²) in [6, 6.07) is 17.0. The highest BCUT2D eigenvalue weighted by Crippen LogP contribution is 2.36. The molecule has 1 aromatic heterocycles. The highest BCUT2D eigenvalue weighted by molar-refractivity contribution is 5.80. The molecule has 2 heterocycles. The van der Waals surface area contributed by atoms with Crippen LogP contribution < -0.4 is 15.4 Å². The van der Waals surface area contributed by atoms with Gasteiger partial charge in [-0.05, 0) is 48.6 Å². The molecule has 2 atom stereocenters. The number of fused-ring (bicyclic) bond motifs is 1. The molecular formula is C25H30N4O2. The third-order valence-electron chi connectivity index (χ3n) is 5.97. The Morgan fingerprint density at radius 2 is 1.87 bits per heavy atom. The molecule has 162 valence electrons. The van der Waals surface area contributed by atoms with Crippen molar-refractivity contribution in [2.45, 2.75) is 51.7 Å². The van der Waals surface area contributed by atoms with Crippen molar-refractivity contribution in [1.82, 2.24) is 15.1 Å². The van der Waals surface area contributed by atoms with Crippen LogP contribution >= 0.6 is 0 Å². The van der Waals surface area contributed by atoms with Crippen LogP contribution in [0.3, 0.4) is 0 Å². The maximum Gasteiger partial charge on any atom is 0.224 e. The van der Waals surface area contributed by atoms with Gasteiger partial charge in [-0.2, -0.15) is 5.10 Å². The van der Waals surface area contributed by atoms with Crippen molar-refractivity contribution in [2.24, 2.45) is 0 Å². The van der Waals surface area contributed by atoms with Gasteiger partial charge in [-0.15, -0.1) is 0 Å². The molecular weight excluding hydrogens is 388 g/mol. The molecule has 0 spiro atoms. The fourth-order valence-electron chi connectivity index (χ4n) is 4.07. The predicted molar refractivity (Wildman–Crippen MR) is 122 cm³/mol. The molecule has 1 amide bonds. The predicted octanol–water partition coefficient (Wildman–Crippen LogP) is 4.43.